The molecular weight excluding hydrogens is 210 g/mol. The van der Waals surface area contributed by atoms with Gasteiger partial charge in [0.15, 0.2) is 0 Å². The first kappa shape index (κ1) is 12.6. The van der Waals surface area contributed by atoms with E-state index in [1.54, 1.807) is 0 Å². The maximum absolute atomic E-state index is 4.69. The van der Waals surface area contributed by atoms with E-state index in [0.717, 1.165) is 31.2 Å². The Morgan fingerprint density at radius 3 is 3.06 bits per heavy atom. The van der Waals surface area contributed by atoms with Crippen LogP contribution in [0.2, 0.25) is 0 Å². The maximum atomic E-state index is 4.69. The number of piperidine rings is 1. The van der Waals surface area contributed by atoms with E-state index in [4.69, 9.17) is 0 Å². The Morgan fingerprint density at radius 2 is 2.35 bits per heavy atom. The second-order valence-electron chi connectivity index (χ2n) is 5.61. The molecule has 2 rings (SSSR count). The molecule has 1 saturated heterocycles. The fourth-order valence-corrected chi connectivity index (χ4v) is 2.64. The molecule has 1 aliphatic heterocycles. The molecule has 0 spiro atoms. The Labute approximate surface area is 105 Å². The van der Waals surface area contributed by atoms with E-state index in [0.29, 0.717) is 6.04 Å². The largest absolute Gasteiger partial charge is 0.316 e. The Balaban J connectivity index is 1.92. The molecule has 0 saturated carbocycles. The summed E-state index contributed by atoms with van der Waals surface area (Å²) in [5, 5.41) is 8.20. The molecule has 1 N–H and O–H groups in total. The second kappa shape index (κ2) is 5.67. The molecule has 2 heterocycles. The number of nitrogens with one attached hydrogen (secondary N) is 1. The van der Waals surface area contributed by atoms with Crippen molar-refractivity contribution in [2.75, 3.05) is 13.1 Å². The third kappa shape index (κ3) is 3.32. The number of rotatable bonds is 4. The predicted molar refractivity (Wildman–Crippen MR) is 71.1 cm³/mol. The third-order valence-electron chi connectivity index (χ3n) is 3.87. The van der Waals surface area contributed by atoms with Gasteiger partial charge in [0.05, 0.1) is 5.69 Å². The van der Waals surface area contributed by atoms with Crippen LogP contribution in [0.5, 0.6) is 0 Å². The van der Waals surface area contributed by atoms with Crippen LogP contribution in [0.1, 0.15) is 45.3 Å². The van der Waals surface area contributed by atoms with Crippen LogP contribution in [-0.2, 0) is 6.42 Å². The highest BCUT2D eigenvalue weighted by atomic mass is 15.3. The normalized spacial score (nSPS) is 27.0. The van der Waals surface area contributed by atoms with Crippen LogP contribution in [0.25, 0.3) is 0 Å². The Bertz CT molecular complexity index is 345. The molecular formula is C14H25N3. The van der Waals surface area contributed by atoms with Gasteiger partial charge < -0.3 is 5.32 Å². The van der Waals surface area contributed by atoms with Crippen LogP contribution in [0.3, 0.4) is 0 Å². The molecule has 17 heavy (non-hydrogen) atoms. The van der Waals surface area contributed by atoms with Gasteiger partial charge in [0.2, 0.25) is 0 Å². The number of hydrogen-bond acceptors (Lipinski definition) is 2. The molecule has 1 aromatic heterocycles. The van der Waals surface area contributed by atoms with Crippen molar-refractivity contribution in [2.24, 2.45) is 11.8 Å². The fraction of sp³-hybridized carbons (Fsp3) is 0.786. The first-order valence-electron chi connectivity index (χ1n) is 6.93. The quantitative estimate of drug-likeness (QED) is 0.869. The first-order valence-corrected chi connectivity index (χ1v) is 6.93. The molecule has 3 unspecified atom stereocenters. The predicted octanol–water partition coefficient (Wildman–Crippen LogP) is 2.64. The smallest absolute Gasteiger partial charge is 0.0627 e. The van der Waals surface area contributed by atoms with E-state index in [2.05, 4.69) is 48.1 Å². The van der Waals surface area contributed by atoms with Crippen molar-refractivity contribution in [3.63, 3.8) is 0 Å². The highest BCUT2D eigenvalue weighted by molar-refractivity contribution is 5.01. The van der Waals surface area contributed by atoms with E-state index in [-0.39, 0.29) is 0 Å². The van der Waals surface area contributed by atoms with Crippen molar-refractivity contribution in [3.8, 4) is 0 Å². The lowest BCUT2D eigenvalue weighted by atomic mass is 9.89. The van der Waals surface area contributed by atoms with Crippen molar-refractivity contribution in [3.05, 3.63) is 18.0 Å². The standard InChI is InChI=1S/C14H25N3/c1-4-12(3)17-6-5-14(16-17)8-13-7-11(2)9-15-10-13/h5-6,11-13,15H,4,7-10H2,1-3H3. The molecule has 1 aromatic rings. The monoisotopic (exact) mass is 235 g/mol. The van der Waals surface area contributed by atoms with Crippen LogP contribution in [0.15, 0.2) is 12.3 Å². The van der Waals surface area contributed by atoms with Gasteiger partial charge in [-0.05, 0) is 57.2 Å². The molecule has 1 aliphatic rings. The van der Waals surface area contributed by atoms with Crippen molar-refractivity contribution < 1.29 is 0 Å². The minimum atomic E-state index is 0.521. The van der Waals surface area contributed by atoms with Gasteiger partial charge in [0, 0.05) is 12.2 Å². The van der Waals surface area contributed by atoms with Gasteiger partial charge in [-0.1, -0.05) is 13.8 Å². The van der Waals surface area contributed by atoms with Crippen LogP contribution < -0.4 is 5.32 Å². The van der Waals surface area contributed by atoms with Gasteiger partial charge in [-0.15, -0.1) is 0 Å². The summed E-state index contributed by atoms with van der Waals surface area (Å²) in [7, 11) is 0. The number of aromatic nitrogens is 2. The van der Waals surface area contributed by atoms with Crippen LogP contribution in [-0.4, -0.2) is 22.9 Å². The summed E-state index contributed by atoms with van der Waals surface area (Å²) >= 11 is 0. The zero-order chi connectivity index (χ0) is 12.3. The maximum Gasteiger partial charge on any atom is 0.0627 e. The summed E-state index contributed by atoms with van der Waals surface area (Å²) in [6, 6.07) is 2.71. The lowest BCUT2D eigenvalue weighted by Crippen LogP contribution is -2.36. The summed E-state index contributed by atoms with van der Waals surface area (Å²) < 4.78 is 2.11. The minimum absolute atomic E-state index is 0.521. The minimum Gasteiger partial charge on any atom is -0.316 e. The van der Waals surface area contributed by atoms with Gasteiger partial charge in [0.25, 0.3) is 0 Å². The molecule has 3 heteroatoms. The van der Waals surface area contributed by atoms with Gasteiger partial charge in [0.1, 0.15) is 0 Å². The topological polar surface area (TPSA) is 29.9 Å². The molecule has 0 amide bonds. The molecule has 0 aliphatic carbocycles. The lowest BCUT2D eigenvalue weighted by Gasteiger charge is -2.27. The van der Waals surface area contributed by atoms with Gasteiger partial charge >= 0.3 is 0 Å². The summed E-state index contributed by atoms with van der Waals surface area (Å²) in [5.74, 6) is 1.57. The molecule has 1 fully saturated rings. The highest BCUT2D eigenvalue weighted by Crippen LogP contribution is 2.20. The van der Waals surface area contributed by atoms with E-state index in [9.17, 15) is 0 Å². The average Bonchev–Trinajstić information content (AvgIpc) is 2.76. The van der Waals surface area contributed by atoms with E-state index >= 15 is 0 Å². The second-order valence-corrected chi connectivity index (χ2v) is 5.61. The lowest BCUT2D eigenvalue weighted by molar-refractivity contribution is 0.299. The van der Waals surface area contributed by atoms with Crippen molar-refractivity contribution in [2.45, 2.75) is 46.1 Å². The SMILES string of the molecule is CCC(C)n1ccc(CC2CNCC(C)C2)n1. The van der Waals surface area contributed by atoms with Crippen molar-refractivity contribution >= 4 is 0 Å². The Morgan fingerprint density at radius 1 is 1.53 bits per heavy atom. The van der Waals surface area contributed by atoms with Gasteiger partial charge in [-0.3, -0.25) is 4.68 Å². The van der Waals surface area contributed by atoms with Gasteiger partial charge in [-0.2, -0.15) is 5.10 Å². The van der Waals surface area contributed by atoms with E-state index in [1.165, 1.54) is 18.7 Å². The van der Waals surface area contributed by atoms with Crippen LogP contribution in [0, 0.1) is 11.8 Å². The first-order chi connectivity index (χ1) is 8.19. The van der Waals surface area contributed by atoms with E-state index < -0.39 is 0 Å². The van der Waals surface area contributed by atoms with Crippen LogP contribution >= 0.6 is 0 Å². The summed E-state index contributed by atoms with van der Waals surface area (Å²) in [6.07, 6.45) is 5.73. The Kier molecular flexibility index (Phi) is 4.21. The summed E-state index contributed by atoms with van der Waals surface area (Å²) in [6.45, 7) is 9.09. The summed E-state index contributed by atoms with van der Waals surface area (Å²) in [5.41, 5.74) is 1.26. The highest BCUT2D eigenvalue weighted by Gasteiger charge is 2.19. The van der Waals surface area contributed by atoms with Crippen molar-refractivity contribution in [1.29, 1.82) is 0 Å². The summed E-state index contributed by atoms with van der Waals surface area (Å²) in [4.78, 5) is 0. The fourth-order valence-electron chi connectivity index (χ4n) is 2.64. The van der Waals surface area contributed by atoms with Crippen LogP contribution in [0.4, 0.5) is 0 Å². The number of nitrogens with zero attached hydrogens (tertiary/aromatic N) is 2. The molecule has 0 radical (unpaired) electrons. The van der Waals surface area contributed by atoms with Gasteiger partial charge in [-0.25, -0.2) is 0 Å². The molecule has 0 bridgehead atoms. The zero-order valence-electron chi connectivity index (χ0n) is 11.3. The Hall–Kier alpha value is -0.830. The van der Waals surface area contributed by atoms with E-state index in [1.807, 2.05) is 0 Å². The third-order valence-corrected chi connectivity index (χ3v) is 3.87. The molecule has 3 nitrogen and oxygen atoms in total. The average molecular weight is 235 g/mol. The molecule has 96 valence electrons. The number of hydrogen-bond donors (Lipinski definition) is 1. The molecule has 0 aromatic carbocycles. The molecule has 3 atom stereocenters. The zero-order valence-corrected chi connectivity index (χ0v) is 11.3. The van der Waals surface area contributed by atoms with Crippen molar-refractivity contribution in [1.82, 2.24) is 15.1 Å².